The lowest BCUT2D eigenvalue weighted by Crippen LogP contribution is -2.58. The molecule has 4 aliphatic rings. The van der Waals surface area contributed by atoms with Crippen molar-refractivity contribution in [2.75, 3.05) is 26.2 Å². The van der Waals surface area contributed by atoms with Crippen LogP contribution in [-0.2, 0) is 0 Å². The molecule has 0 aliphatic carbocycles. The second-order valence-corrected chi connectivity index (χ2v) is 7.39. The summed E-state index contributed by atoms with van der Waals surface area (Å²) in [6.45, 7) is 6.47. The summed E-state index contributed by atoms with van der Waals surface area (Å²) in [7, 11) is 0. The van der Waals surface area contributed by atoms with Crippen LogP contribution in [0, 0.1) is 5.92 Å². The molecule has 4 heterocycles. The predicted octanol–water partition coefficient (Wildman–Crippen LogP) is 2.50. The second-order valence-electron chi connectivity index (χ2n) is 7.39. The van der Waals surface area contributed by atoms with Gasteiger partial charge in [0, 0.05) is 24.7 Å². The molecule has 1 unspecified atom stereocenters. The van der Waals surface area contributed by atoms with E-state index in [0.29, 0.717) is 18.0 Å². The Balaban J connectivity index is 1.84. The molecule has 4 aliphatic heterocycles. The Kier molecular flexibility index (Phi) is 6.30. The van der Waals surface area contributed by atoms with E-state index in [4.69, 9.17) is 0 Å². The van der Waals surface area contributed by atoms with Crippen molar-refractivity contribution in [1.82, 2.24) is 20.7 Å². The zero-order chi connectivity index (χ0) is 19.6. The minimum Gasteiger partial charge on any atom is -0.375 e. The molecule has 0 aromatic rings. The Morgan fingerprint density at radius 1 is 1.37 bits per heavy atom. The number of fused-ring (bicyclic) bond motifs is 3. The fourth-order valence-corrected chi connectivity index (χ4v) is 4.30. The van der Waals surface area contributed by atoms with Crippen LogP contribution < -0.4 is 10.7 Å². The summed E-state index contributed by atoms with van der Waals surface area (Å²) in [6.07, 6.45) is 1.86. The third-order valence-corrected chi connectivity index (χ3v) is 5.59. The van der Waals surface area contributed by atoms with Gasteiger partial charge in [-0.3, -0.25) is 10.3 Å². The van der Waals surface area contributed by atoms with Gasteiger partial charge in [0.1, 0.15) is 11.9 Å². The van der Waals surface area contributed by atoms with Crippen LogP contribution >= 0.6 is 0 Å². The van der Waals surface area contributed by atoms with Crippen LogP contribution in [0.25, 0.3) is 0 Å². The number of hydrogen-bond donors (Lipinski definition) is 3. The lowest BCUT2D eigenvalue weighted by atomic mass is 9.84. The average Bonchev–Trinajstić information content (AvgIpc) is 3.08. The molecular weight excluding hydrogens is 357 g/mol. The molecule has 3 saturated heterocycles. The Morgan fingerprint density at radius 3 is 2.59 bits per heavy atom. The smallest absolute Gasteiger partial charge is 0.375 e. The van der Waals surface area contributed by atoms with Crippen LogP contribution in [0.5, 0.6) is 0 Å². The van der Waals surface area contributed by atoms with Gasteiger partial charge in [-0.1, -0.05) is 19.1 Å². The maximum absolute atomic E-state index is 13.9. The molecule has 27 heavy (non-hydrogen) atoms. The molecule has 0 spiro atoms. The topological polar surface area (TPSA) is 50.8 Å². The van der Waals surface area contributed by atoms with E-state index in [9.17, 15) is 18.3 Å². The molecule has 4 rings (SSSR count). The van der Waals surface area contributed by atoms with Gasteiger partial charge in [0.2, 0.25) is 0 Å². The van der Waals surface area contributed by atoms with Crippen LogP contribution in [0.15, 0.2) is 35.2 Å². The maximum Gasteiger partial charge on any atom is 0.433 e. The third kappa shape index (κ3) is 4.39. The molecule has 0 aromatic heterocycles. The molecule has 0 amide bonds. The van der Waals surface area contributed by atoms with Gasteiger partial charge < -0.3 is 10.0 Å². The average molecular weight is 386 g/mol. The van der Waals surface area contributed by atoms with Crippen molar-refractivity contribution in [1.29, 1.82) is 0 Å². The van der Waals surface area contributed by atoms with Gasteiger partial charge >= 0.3 is 6.18 Å². The minimum absolute atomic E-state index is 0.0275. The molecule has 8 heteroatoms. The fourth-order valence-electron chi connectivity index (χ4n) is 4.30. The van der Waals surface area contributed by atoms with Crippen LogP contribution in [-0.4, -0.2) is 59.6 Å². The van der Waals surface area contributed by atoms with Crippen LogP contribution in [0.1, 0.15) is 33.1 Å². The van der Waals surface area contributed by atoms with Gasteiger partial charge in [0.05, 0.1) is 5.70 Å². The number of alkyl halides is 3. The van der Waals surface area contributed by atoms with Crippen molar-refractivity contribution in [2.45, 2.75) is 51.6 Å². The van der Waals surface area contributed by atoms with Crippen LogP contribution in [0.3, 0.4) is 0 Å². The largest absolute Gasteiger partial charge is 0.433 e. The first-order valence-corrected chi connectivity index (χ1v) is 9.68. The highest BCUT2D eigenvalue weighted by atomic mass is 19.4. The SMILES string of the molecule is C/C=C\C(=C/CC)N1NCC(C(O)N[C@H]2CN3CCC2CC3)=C1C(F)(F)F. The van der Waals surface area contributed by atoms with Crippen molar-refractivity contribution in [2.24, 2.45) is 5.92 Å². The lowest BCUT2D eigenvalue weighted by molar-refractivity contribution is -0.110. The van der Waals surface area contributed by atoms with Gasteiger partial charge in [0.15, 0.2) is 0 Å². The minimum atomic E-state index is -4.56. The Labute approximate surface area is 158 Å². The van der Waals surface area contributed by atoms with Crippen LogP contribution in [0.4, 0.5) is 13.2 Å². The quantitative estimate of drug-likeness (QED) is 0.484. The van der Waals surface area contributed by atoms with Crippen molar-refractivity contribution in [3.8, 4) is 0 Å². The first kappa shape index (κ1) is 20.4. The van der Waals surface area contributed by atoms with Crippen LogP contribution in [0.2, 0.25) is 0 Å². The van der Waals surface area contributed by atoms with Gasteiger partial charge in [-0.15, -0.1) is 0 Å². The van der Waals surface area contributed by atoms with E-state index >= 15 is 0 Å². The highest BCUT2D eigenvalue weighted by Gasteiger charge is 2.46. The molecule has 0 saturated carbocycles. The Bertz CT molecular complexity index is 621. The van der Waals surface area contributed by atoms with Gasteiger partial charge in [0.25, 0.3) is 0 Å². The van der Waals surface area contributed by atoms with E-state index in [1.54, 1.807) is 25.2 Å². The van der Waals surface area contributed by atoms with Crippen molar-refractivity contribution in [3.05, 3.63) is 35.2 Å². The molecule has 3 fully saturated rings. The first-order valence-electron chi connectivity index (χ1n) is 9.68. The van der Waals surface area contributed by atoms with E-state index in [1.807, 2.05) is 6.92 Å². The monoisotopic (exact) mass is 386 g/mol. The zero-order valence-corrected chi connectivity index (χ0v) is 15.9. The number of piperidine rings is 3. The van der Waals surface area contributed by atoms with E-state index < -0.39 is 18.1 Å². The number of halogens is 3. The summed E-state index contributed by atoms with van der Waals surface area (Å²) in [5, 5.41) is 14.8. The normalized spacial score (nSPS) is 30.7. The van der Waals surface area contributed by atoms with E-state index in [1.165, 1.54) is 0 Å². The Morgan fingerprint density at radius 2 is 2.07 bits per heavy atom. The summed E-state index contributed by atoms with van der Waals surface area (Å²) in [4.78, 5) is 2.30. The molecule has 2 atom stereocenters. The second kappa shape index (κ2) is 8.34. The fraction of sp³-hybridized carbons (Fsp3) is 0.684. The predicted molar refractivity (Wildman–Crippen MR) is 98.2 cm³/mol. The van der Waals surface area contributed by atoms with Crippen molar-refractivity contribution >= 4 is 0 Å². The molecule has 5 nitrogen and oxygen atoms in total. The van der Waals surface area contributed by atoms with E-state index in [0.717, 1.165) is 37.5 Å². The third-order valence-electron chi connectivity index (χ3n) is 5.59. The highest BCUT2D eigenvalue weighted by Crippen LogP contribution is 2.37. The number of hydrazine groups is 1. The van der Waals surface area contributed by atoms with Gasteiger partial charge in [-0.05, 0) is 51.3 Å². The molecule has 0 aromatic carbocycles. The summed E-state index contributed by atoms with van der Waals surface area (Å²) >= 11 is 0. The summed E-state index contributed by atoms with van der Waals surface area (Å²) in [5.41, 5.74) is 2.35. The molecule has 2 bridgehead atoms. The Hall–Kier alpha value is -1.35. The number of allylic oxidation sites excluding steroid dienone is 4. The number of aliphatic hydroxyl groups excluding tert-OH is 1. The summed E-state index contributed by atoms with van der Waals surface area (Å²) in [6, 6.07) is 0.0275. The molecular formula is C19H29F3N4O. The van der Waals surface area contributed by atoms with Gasteiger partial charge in [-0.2, -0.15) is 13.2 Å². The highest BCUT2D eigenvalue weighted by molar-refractivity contribution is 5.33. The number of nitrogens with zero attached hydrogens (tertiary/aromatic N) is 2. The first-order chi connectivity index (χ1) is 12.8. The van der Waals surface area contributed by atoms with Crippen molar-refractivity contribution < 1.29 is 18.3 Å². The number of rotatable bonds is 6. The molecule has 3 N–H and O–H groups in total. The number of nitrogens with one attached hydrogen (secondary N) is 2. The maximum atomic E-state index is 13.9. The van der Waals surface area contributed by atoms with Crippen molar-refractivity contribution in [3.63, 3.8) is 0 Å². The zero-order valence-electron chi connectivity index (χ0n) is 15.9. The molecule has 152 valence electrons. The summed E-state index contributed by atoms with van der Waals surface area (Å²) < 4.78 is 41.6. The molecule has 0 radical (unpaired) electrons. The van der Waals surface area contributed by atoms with Gasteiger partial charge in [-0.25, -0.2) is 5.43 Å². The summed E-state index contributed by atoms with van der Waals surface area (Å²) in [5.74, 6) is 0.420. The van der Waals surface area contributed by atoms with E-state index in [2.05, 4.69) is 15.6 Å². The number of hydrogen-bond acceptors (Lipinski definition) is 5. The van der Waals surface area contributed by atoms with E-state index in [-0.39, 0.29) is 18.2 Å². The standard InChI is InChI=1S/C19H29F3N4O/c1-3-5-14(6-4-2)26-17(19(20,21)22)15(11-23-26)18(27)24-16-12-25-9-7-13(16)8-10-25/h3,5-6,13,16,18,23-24,27H,4,7-12H2,1-2H3/b5-3-,14-6+/t16-,18?/m0/s1. The lowest BCUT2D eigenvalue weighted by Gasteiger charge is -2.45. The number of aliphatic hydroxyl groups is 1.